The van der Waals surface area contributed by atoms with Gasteiger partial charge in [-0.05, 0) is 14.0 Å². The van der Waals surface area contributed by atoms with Gasteiger partial charge in [0, 0.05) is 25.7 Å². The highest BCUT2D eigenvalue weighted by molar-refractivity contribution is 4.62. The Morgan fingerprint density at radius 1 is 1.44 bits per heavy atom. The van der Waals surface area contributed by atoms with Crippen molar-refractivity contribution in [2.75, 3.05) is 26.7 Å². The topological polar surface area (TPSA) is 55.3 Å². The molecule has 4 N–H and O–H groups in total. The molecule has 56 valence electrons. The molecule has 9 heavy (non-hydrogen) atoms. The molecule has 3 heteroatoms. The van der Waals surface area contributed by atoms with E-state index in [4.69, 9.17) is 11.5 Å². The molecule has 0 bridgehead atoms. The summed E-state index contributed by atoms with van der Waals surface area (Å²) < 4.78 is 0. The number of hydrogen-bond acceptors (Lipinski definition) is 3. The van der Waals surface area contributed by atoms with Crippen LogP contribution in [0.1, 0.15) is 6.92 Å². The SMILES string of the molecule is CC(CN)N(C)CCN. The molecule has 0 saturated heterocycles. The van der Waals surface area contributed by atoms with E-state index in [2.05, 4.69) is 11.8 Å². The van der Waals surface area contributed by atoms with Crippen LogP contribution < -0.4 is 11.5 Å². The Morgan fingerprint density at radius 3 is 2.33 bits per heavy atom. The van der Waals surface area contributed by atoms with Crippen LogP contribution >= 0.6 is 0 Å². The van der Waals surface area contributed by atoms with Crippen LogP contribution in [-0.4, -0.2) is 37.6 Å². The van der Waals surface area contributed by atoms with Crippen LogP contribution in [0.3, 0.4) is 0 Å². The minimum absolute atomic E-state index is 0.452. The Bertz CT molecular complexity index is 65.3. The second kappa shape index (κ2) is 4.73. The molecule has 0 aliphatic rings. The smallest absolute Gasteiger partial charge is 0.0187 e. The molecule has 0 aliphatic heterocycles. The summed E-state index contributed by atoms with van der Waals surface area (Å²) >= 11 is 0. The zero-order chi connectivity index (χ0) is 7.28. The first-order valence-electron chi connectivity index (χ1n) is 3.32. The van der Waals surface area contributed by atoms with Crippen molar-refractivity contribution in [3.05, 3.63) is 0 Å². The molecular weight excluding hydrogens is 114 g/mol. The molecule has 0 aromatic heterocycles. The summed E-state index contributed by atoms with van der Waals surface area (Å²) in [7, 11) is 2.03. The minimum Gasteiger partial charge on any atom is -0.329 e. The van der Waals surface area contributed by atoms with Gasteiger partial charge in [0.1, 0.15) is 0 Å². The van der Waals surface area contributed by atoms with E-state index in [0.29, 0.717) is 19.1 Å². The molecule has 0 rings (SSSR count). The lowest BCUT2D eigenvalue weighted by molar-refractivity contribution is 0.270. The quantitative estimate of drug-likeness (QED) is 0.526. The summed E-state index contributed by atoms with van der Waals surface area (Å²) in [6, 6.07) is 0.452. The Balaban J connectivity index is 3.32. The number of likely N-dealkylation sites (N-methyl/N-ethyl adjacent to an activating group) is 1. The predicted octanol–water partition coefficient (Wildman–Crippen LogP) is -0.776. The summed E-state index contributed by atoms with van der Waals surface area (Å²) in [6.45, 7) is 4.44. The maximum absolute atomic E-state index is 5.42. The van der Waals surface area contributed by atoms with Gasteiger partial charge in [-0.3, -0.25) is 0 Å². The first-order valence-corrected chi connectivity index (χ1v) is 3.32. The van der Waals surface area contributed by atoms with Crippen molar-refractivity contribution in [1.82, 2.24) is 4.90 Å². The third-order valence-corrected chi connectivity index (χ3v) is 1.58. The van der Waals surface area contributed by atoms with Gasteiger partial charge in [0.05, 0.1) is 0 Å². The summed E-state index contributed by atoms with van der Waals surface area (Å²) in [4.78, 5) is 2.15. The maximum Gasteiger partial charge on any atom is 0.0187 e. The maximum atomic E-state index is 5.42. The Hall–Kier alpha value is -0.120. The fourth-order valence-corrected chi connectivity index (χ4v) is 0.604. The lowest BCUT2D eigenvalue weighted by Gasteiger charge is -2.21. The normalized spacial score (nSPS) is 14.3. The molecule has 0 aromatic rings. The first-order chi connectivity index (χ1) is 4.22. The second-order valence-electron chi connectivity index (χ2n) is 2.35. The number of nitrogens with zero attached hydrogens (tertiary/aromatic N) is 1. The van der Waals surface area contributed by atoms with Gasteiger partial charge in [-0.1, -0.05) is 0 Å². The van der Waals surface area contributed by atoms with E-state index < -0.39 is 0 Å². The molecule has 3 nitrogen and oxygen atoms in total. The standard InChI is InChI=1S/C6H17N3/c1-6(5-8)9(2)4-3-7/h6H,3-5,7-8H2,1-2H3. The van der Waals surface area contributed by atoms with Gasteiger partial charge in [0.25, 0.3) is 0 Å². The highest BCUT2D eigenvalue weighted by Gasteiger charge is 2.03. The highest BCUT2D eigenvalue weighted by Crippen LogP contribution is 1.89. The molecule has 0 radical (unpaired) electrons. The summed E-state index contributed by atoms with van der Waals surface area (Å²) in [5, 5.41) is 0. The van der Waals surface area contributed by atoms with Gasteiger partial charge in [0.2, 0.25) is 0 Å². The van der Waals surface area contributed by atoms with E-state index >= 15 is 0 Å². The van der Waals surface area contributed by atoms with Crippen LogP contribution in [0.15, 0.2) is 0 Å². The second-order valence-corrected chi connectivity index (χ2v) is 2.35. The van der Waals surface area contributed by atoms with E-state index in [1.165, 1.54) is 0 Å². The zero-order valence-electron chi connectivity index (χ0n) is 6.30. The Kier molecular flexibility index (Phi) is 4.67. The highest BCUT2D eigenvalue weighted by atomic mass is 15.1. The fourth-order valence-electron chi connectivity index (χ4n) is 0.604. The van der Waals surface area contributed by atoms with Gasteiger partial charge in [-0.2, -0.15) is 0 Å². The Labute approximate surface area is 57.0 Å². The fraction of sp³-hybridized carbons (Fsp3) is 1.00. The Morgan fingerprint density at radius 2 is 2.00 bits per heavy atom. The van der Waals surface area contributed by atoms with E-state index in [9.17, 15) is 0 Å². The largest absolute Gasteiger partial charge is 0.329 e. The van der Waals surface area contributed by atoms with Crippen molar-refractivity contribution < 1.29 is 0 Å². The first kappa shape index (κ1) is 8.88. The average molecular weight is 131 g/mol. The lowest BCUT2D eigenvalue weighted by atomic mass is 10.3. The molecule has 1 unspecified atom stereocenters. The predicted molar refractivity (Wildman–Crippen MR) is 40.2 cm³/mol. The molecule has 0 amide bonds. The van der Waals surface area contributed by atoms with Crippen molar-refractivity contribution in [3.63, 3.8) is 0 Å². The van der Waals surface area contributed by atoms with Gasteiger partial charge >= 0.3 is 0 Å². The minimum atomic E-state index is 0.452. The van der Waals surface area contributed by atoms with E-state index in [-0.39, 0.29) is 0 Å². The molecule has 0 fully saturated rings. The van der Waals surface area contributed by atoms with Crippen LogP contribution in [0.2, 0.25) is 0 Å². The van der Waals surface area contributed by atoms with Crippen molar-refractivity contribution >= 4 is 0 Å². The number of nitrogens with two attached hydrogens (primary N) is 2. The number of rotatable bonds is 4. The van der Waals surface area contributed by atoms with E-state index in [0.717, 1.165) is 6.54 Å². The third-order valence-electron chi connectivity index (χ3n) is 1.58. The van der Waals surface area contributed by atoms with Crippen molar-refractivity contribution in [2.24, 2.45) is 11.5 Å². The van der Waals surface area contributed by atoms with Crippen molar-refractivity contribution in [3.8, 4) is 0 Å². The molecule has 0 aliphatic carbocycles. The van der Waals surface area contributed by atoms with Gasteiger partial charge in [0.15, 0.2) is 0 Å². The molecule has 0 spiro atoms. The van der Waals surface area contributed by atoms with E-state index in [1.54, 1.807) is 0 Å². The third kappa shape index (κ3) is 3.46. The monoisotopic (exact) mass is 131 g/mol. The molecular formula is C6H17N3. The van der Waals surface area contributed by atoms with E-state index in [1.807, 2.05) is 7.05 Å². The van der Waals surface area contributed by atoms with Gasteiger partial charge < -0.3 is 16.4 Å². The van der Waals surface area contributed by atoms with Crippen LogP contribution in [0.25, 0.3) is 0 Å². The lowest BCUT2D eigenvalue weighted by Crippen LogP contribution is -2.38. The van der Waals surface area contributed by atoms with Crippen LogP contribution in [0.4, 0.5) is 0 Å². The molecule has 0 heterocycles. The van der Waals surface area contributed by atoms with Crippen molar-refractivity contribution in [1.29, 1.82) is 0 Å². The van der Waals surface area contributed by atoms with Gasteiger partial charge in [-0.25, -0.2) is 0 Å². The number of hydrogen-bond donors (Lipinski definition) is 2. The molecule has 0 saturated carbocycles. The average Bonchev–Trinajstić information content (AvgIpc) is 1.87. The van der Waals surface area contributed by atoms with Crippen LogP contribution in [-0.2, 0) is 0 Å². The van der Waals surface area contributed by atoms with Crippen molar-refractivity contribution in [2.45, 2.75) is 13.0 Å². The van der Waals surface area contributed by atoms with Gasteiger partial charge in [-0.15, -0.1) is 0 Å². The molecule has 0 aromatic carbocycles. The summed E-state index contributed by atoms with van der Waals surface area (Å²) in [5.74, 6) is 0. The zero-order valence-corrected chi connectivity index (χ0v) is 6.30. The summed E-state index contributed by atoms with van der Waals surface area (Å²) in [5.41, 5.74) is 10.8. The summed E-state index contributed by atoms with van der Waals surface area (Å²) in [6.07, 6.45) is 0. The van der Waals surface area contributed by atoms with Crippen LogP contribution in [0.5, 0.6) is 0 Å². The van der Waals surface area contributed by atoms with Crippen LogP contribution in [0, 0.1) is 0 Å². The molecule has 1 atom stereocenters.